The highest BCUT2D eigenvalue weighted by atomic mass is 19.4. The molecule has 28 heavy (non-hydrogen) atoms. The molecule has 1 fully saturated rings. The van der Waals surface area contributed by atoms with Gasteiger partial charge in [-0.05, 0) is 37.6 Å². The highest BCUT2D eigenvalue weighted by Crippen LogP contribution is 2.30. The Labute approximate surface area is 162 Å². The summed E-state index contributed by atoms with van der Waals surface area (Å²) >= 11 is 0. The Morgan fingerprint density at radius 3 is 2.36 bits per heavy atom. The highest BCUT2D eigenvalue weighted by Gasteiger charge is 2.35. The number of morpholine rings is 1. The van der Waals surface area contributed by atoms with Crippen molar-refractivity contribution in [2.24, 2.45) is 4.99 Å². The topological polar surface area (TPSA) is 63.2 Å². The first kappa shape index (κ1) is 22.0. The van der Waals surface area contributed by atoms with Crippen LogP contribution in [0.1, 0.15) is 32.3 Å². The van der Waals surface area contributed by atoms with Crippen molar-refractivity contribution in [1.29, 1.82) is 0 Å². The number of nitrogens with one attached hydrogen (secondary N) is 1. The molecule has 1 N–H and O–H groups in total. The molecule has 9 heteroatoms. The Morgan fingerprint density at radius 2 is 1.86 bits per heavy atom. The minimum absolute atomic E-state index is 0.407. The molecule has 0 spiro atoms. The van der Waals surface area contributed by atoms with Crippen molar-refractivity contribution in [2.45, 2.75) is 38.4 Å². The molecule has 0 aromatic heterocycles. The number of guanidine groups is 1. The number of carbonyl (C=O) groups excluding carboxylic acids is 1. The number of nitrogens with zero attached hydrogens (tertiary/aromatic N) is 2. The van der Waals surface area contributed by atoms with Gasteiger partial charge in [-0.3, -0.25) is 0 Å². The fraction of sp³-hybridized carbons (Fsp3) is 0.579. The fourth-order valence-corrected chi connectivity index (χ4v) is 2.97. The van der Waals surface area contributed by atoms with Gasteiger partial charge >= 0.3 is 12.1 Å². The van der Waals surface area contributed by atoms with Crippen molar-refractivity contribution in [1.82, 2.24) is 4.90 Å². The number of benzene rings is 1. The summed E-state index contributed by atoms with van der Waals surface area (Å²) in [6.07, 6.45) is -3.21. The van der Waals surface area contributed by atoms with Gasteiger partial charge in [0.15, 0.2) is 11.5 Å². The number of aliphatic imine (C=N–C) groups is 1. The second-order valence-electron chi connectivity index (χ2n) is 6.75. The van der Waals surface area contributed by atoms with Gasteiger partial charge in [-0.15, -0.1) is 0 Å². The smallest absolute Gasteiger partial charge is 0.416 e. The molecule has 0 amide bonds. The molecular weight excluding hydrogens is 375 g/mol. The summed E-state index contributed by atoms with van der Waals surface area (Å²) < 4.78 is 48.6. The summed E-state index contributed by atoms with van der Waals surface area (Å²) in [6, 6.07) is 4.69. The Balaban J connectivity index is 2.34. The number of hydrogen-bond donors (Lipinski definition) is 1. The molecule has 156 valence electrons. The van der Waals surface area contributed by atoms with Gasteiger partial charge in [-0.1, -0.05) is 13.3 Å². The average molecular weight is 401 g/mol. The van der Waals surface area contributed by atoms with E-state index < -0.39 is 23.2 Å². The van der Waals surface area contributed by atoms with Crippen LogP contribution in [0.2, 0.25) is 0 Å². The van der Waals surface area contributed by atoms with E-state index in [-0.39, 0.29) is 0 Å². The summed E-state index contributed by atoms with van der Waals surface area (Å²) in [4.78, 5) is 18.9. The maximum Gasteiger partial charge on any atom is 0.416 e. The second-order valence-corrected chi connectivity index (χ2v) is 6.75. The number of carbonyl (C=O) groups is 1. The Bertz CT molecular complexity index is 686. The van der Waals surface area contributed by atoms with E-state index in [1.165, 1.54) is 19.2 Å². The molecule has 0 radical (unpaired) electrons. The van der Waals surface area contributed by atoms with Gasteiger partial charge in [0.05, 0.1) is 25.9 Å². The van der Waals surface area contributed by atoms with E-state index >= 15 is 0 Å². The van der Waals surface area contributed by atoms with E-state index in [0.29, 0.717) is 50.8 Å². The van der Waals surface area contributed by atoms with E-state index in [1.807, 2.05) is 11.8 Å². The van der Waals surface area contributed by atoms with Crippen LogP contribution in [-0.4, -0.2) is 55.8 Å². The number of ether oxygens (including phenoxy) is 2. The maximum absolute atomic E-state index is 12.8. The molecule has 2 rings (SSSR count). The van der Waals surface area contributed by atoms with Gasteiger partial charge in [0.1, 0.15) is 0 Å². The number of methoxy groups -OCH3 is 1. The van der Waals surface area contributed by atoms with Crippen molar-refractivity contribution in [3.05, 3.63) is 29.8 Å². The highest BCUT2D eigenvalue weighted by molar-refractivity contribution is 5.96. The molecule has 1 heterocycles. The zero-order chi connectivity index (χ0) is 20.8. The molecule has 0 bridgehead atoms. The number of esters is 1. The Kier molecular flexibility index (Phi) is 7.29. The van der Waals surface area contributed by atoms with E-state index in [2.05, 4.69) is 10.3 Å². The SMILES string of the molecule is CCCC(C)(N=C(Nc1ccc(C(F)(F)F)cc1)N1CCOCC1)C(=O)OC. The molecule has 0 saturated carbocycles. The van der Waals surface area contributed by atoms with Crippen LogP contribution in [0, 0.1) is 0 Å². The minimum atomic E-state index is -4.40. The number of hydrogen-bond acceptors (Lipinski definition) is 4. The zero-order valence-electron chi connectivity index (χ0n) is 16.3. The fourth-order valence-electron chi connectivity index (χ4n) is 2.97. The van der Waals surface area contributed by atoms with E-state index in [4.69, 9.17) is 9.47 Å². The molecule has 0 aliphatic carbocycles. The van der Waals surface area contributed by atoms with Crippen LogP contribution in [0.5, 0.6) is 0 Å². The predicted octanol–water partition coefficient (Wildman–Crippen LogP) is 3.54. The first-order valence-corrected chi connectivity index (χ1v) is 9.15. The van der Waals surface area contributed by atoms with Gasteiger partial charge in [0.2, 0.25) is 0 Å². The molecule has 6 nitrogen and oxygen atoms in total. The largest absolute Gasteiger partial charge is 0.467 e. The normalized spacial score (nSPS) is 17.8. The number of anilines is 1. The lowest BCUT2D eigenvalue weighted by atomic mass is 9.97. The number of alkyl halides is 3. The number of halogens is 3. The standard InChI is InChI=1S/C19H26F3N3O3/c1-4-9-18(2,16(26)27-3)24-17(25-10-12-28-13-11-25)23-15-7-5-14(6-8-15)19(20,21)22/h5-8H,4,9-13H2,1-3H3,(H,23,24). The molecule has 1 aromatic rings. The van der Waals surface area contributed by atoms with Gasteiger partial charge in [0.25, 0.3) is 0 Å². The third-order valence-corrected chi connectivity index (χ3v) is 4.49. The van der Waals surface area contributed by atoms with E-state index in [9.17, 15) is 18.0 Å². The lowest BCUT2D eigenvalue weighted by molar-refractivity contribution is -0.146. The minimum Gasteiger partial charge on any atom is -0.467 e. The van der Waals surface area contributed by atoms with Gasteiger partial charge in [-0.25, -0.2) is 9.79 Å². The van der Waals surface area contributed by atoms with Crippen LogP contribution >= 0.6 is 0 Å². The van der Waals surface area contributed by atoms with Crippen LogP contribution in [-0.2, 0) is 20.4 Å². The van der Waals surface area contributed by atoms with Gasteiger partial charge in [0, 0.05) is 18.8 Å². The lowest BCUT2D eigenvalue weighted by Crippen LogP contribution is -2.47. The molecule has 1 saturated heterocycles. The zero-order valence-corrected chi connectivity index (χ0v) is 16.3. The van der Waals surface area contributed by atoms with Crippen molar-refractivity contribution >= 4 is 17.6 Å². The Morgan fingerprint density at radius 1 is 1.25 bits per heavy atom. The summed E-state index contributed by atoms with van der Waals surface area (Å²) in [7, 11) is 1.31. The lowest BCUT2D eigenvalue weighted by Gasteiger charge is -2.33. The molecular formula is C19H26F3N3O3. The molecule has 1 atom stereocenters. The van der Waals surface area contributed by atoms with Crippen molar-refractivity contribution in [3.8, 4) is 0 Å². The monoisotopic (exact) mass is 401 g/mol. The van der Waals surface area contributed by atoms with Crippen LogP contribution in [0.15, 0.2) is 29.3 Å². The molecule has 1 aromatic carbocycles. The predicted molar refractivity (Wildman–Crippen MR) is 100 cm³/mol. The average Bonchev–Trinajstić information content (AvgIpc) is 2.67. The van der Waals surface area contributed by atoms with Crippen LogP contribution in [0.25, 0.3) is 0 Å². The van der Waals surface area contributed by atoms with Crippen molar-refractivity contribution in [2.75, 3.05) is 38.7 Å². The first-order valence-electron chi connectivity index (χ1n) is 9.15. The van der Waals surface area contributed by atoms with Crippen molar-refractivity contribution < 1.29 is 27.4 Å². The van der Waals surface area contributed by atoms with Crippen LogP contribution in [0.3, 0.4) is 0 Å². The van der Waals surface area contributed by atoms with E-state index in [1.54, 1.807) is 6.92 Å². The molecule has 1 unspecified atom stereocenters. The summed E-state index contributed by atoms with van der Waals surface area (Å²) in [5.74, 6) is -0.0567. The third kappa shape index (κ3) is 5.60. The van der Waals surface area contributed by atoms with Crippen LogP contribution in [0.4, 0.5) is 18.9 Å². The third-order valence-electron chi connectivity index (χ3n) is 4.49. The Hall–Kier alpha value is -2.29. The quantitative estimate of drug-likeness (QED) is 0.465. The first-order chi connectivity index (χ1) is 13.2. The van der Waals surface area contributed by atoms with Gasteiger partial charge in [-0.2, -0.15) is 13.2 Å². The van der Waals surface area contributed by atoms with Gasteiger partial charge < -0.3 is 19.7 Å². The van der Waals surface area contributed by atoms with E-state index in [0.717, 1.165) is 12.1 Å². The second kappa shape index (κ2) is 9.27. The molecule has 1 aliphatic heterocycles. The maximum atomic E-state index is 12.8. The van der Waals surface area contributed by atoms with Crippen LogP contribution < -0.4 is 5.32 Å². The van der Waals surface area contributed by atoms with Crippen molar-refractivity contribution in [3.63, 3.8) is 0 Å². The molecule has 1 aliphatic rings. The summed E-state index contributed by atoms with van der Waals surface area (Å²) in [6.45, 7) is 5.73. The number of rotatable bonds is 5. The summed E-state index contributed by atoms with van der Waals surface area (Å²) in [5.41, 5.74) is -1.38. The summed E-state index contributed by atoms with van der Waals surface area (Å²) in [5, 5.41) is 3.07.